The average molecular weight is 329 g/mol. The molecule has 0 saturated carbocycles. The Balaban J connectivity index is 2.04. The summed E-state index contributed by atoms with van der Waals surface area (Å²) in [5, 5.41) is 15.0. The lowest BCUT2D eigenvalue weighted by molar-refractivity contribution is 0.0565. The first-order valence-corrected chi connectivity index (χ1v) is 7.45. The van der Waals surface area contributed by atoms with Gasteiger partial charge in [-0.2, -0.15) is 4.98 Å². The normalized spacial score (nSPS) is 13.4. The number of rotatable bonds is 4. The molecule has 1 aromatic carbocycles. The van der Waals surface area contributed by atoms with Gasteiger partial charge in [0.25, 0.3) is 0 Å². The summed E-state index contributed by atoms with van der Waals surface area (Å²) in [6.45, 7) is 5.89. The van der Waals surface area contributed by atoms with Crippen LogP contribution in [-0.2, 0) is 12.8 Å². The highest BCUT2D eigenvalue weighted by Crippen LogP contribution is 2.24. The summed E-state index contributed by atoms with van der Waals surface area (Å²) in [6, 6.07) is 5.39. The van der Waals surface area contributed by atoms with Crippen molar-refractivity contribution >= 4 is 23.2 Å². The number of benzene rings is 1. The molecule has 0 amide bonds. The fourth-order valence-corrected chi connectivity index (χ4v) is 2.07. The second-order valence-corrected chi connectivity index (χ2v) is 6.93. The molecule has 1 N–H and O–H groups in total. The van der Waals surface area contributed by atoms with Crippen molar-refractivity contribution in [2.75, 3.05) is 0 Å². The van der Waals surface area contributed by atoms with Gasteiger partial charge in [0, 0.05) is 6.42 Å². The standard InChI is InChI=1S/C15H18Cl2N2O2/c1-15(2,3)12(20)8-14-18-13(19-21-14)7-9-4-5-10(16)11(17)6-9/h4-6,12,20H,7-8H2,1-3H3. The van der Waals surface area contributed by atoms with Gasteiger partial charge in [0.05, 0.1) is 22.6 Å². The molecule has 114 valence electrons. The minimum Gasteiger partial charge on any atom is -0.392 e. The van der Waals surface area contributed by atoms with Crippen molar-refractivity contribution in [1.29, 1.82) is 0 Å². The Morgan fingerprint density at radius 3 is 2.57 bits per heavy atom. The van der Waals surface area contributed by atoms with Crippen molar-refractivity contribution in [2.45, 2.75) is 39.7 Å². The number of halogens is 2. The van der Waals surface area contributed by atoms with Crippen LogP contribution in [-0.4, -0.2) is 21.4 Å². The summed E-state index contributed by atoms with van der Waals surface area (Å²) in [6.07, 6.45) is 0.319. The first-order valence-electron chi connectivity index (χ1n) is 6.69. The molecule has 1 aromatic heterocycles. The number of aliphatic hydroxyl groups excluding tert-OH is 1. The maximum atomic E-state index is 10.0. The van der Waals surface area contributed by atoms with Crippen LogP contribution in [0.3, 0.4) is 0 Å². The van der Waals surface area contributed by atoms with Crippen LogP contribution in [0.4, 0.5) is 0 Å². The van der Waals surface area contributed by atoms with Gasteiger partial charge in [-0.25, -0.2) is 0 Å². The number of hydrogen-bond acceptors (Lipinski definition) is 4. The van der Waals surface area contributed by atoms with Crippen molar-refractivity contribution in [3.8, 4) is 0 Å². The third kappa shape index (κ3) is 4.43. The Hall–Kier alpha value is -1.10. The predicted molar refractivity (Wildman–Crippen MR) is 82.7 cm³/mol. The Kier molecular flexibility index (Phi) is 4.91. The largest absolute Gasteiger partial charge is 0.392 e. The van der Waals surface area contributed by atoms with E-state index in [1.807, 2.05) is 26.8 Å². The topological polar surface area (TPSA) is 59.2 Å². The predicted octanol–water partition coefficient (Wildman–Crippen LogP) is 3.92. The Bertz CT molecular complexity index is 620. The van der Waals surface area contributed by atoms with Crippen LogP contribution in [0.25, 0.3) is 0 Å². The van der Waals surface area contributed by atoms with Gasteiger partial charge < -0.3 is 9.63 Å². The van der Waals surface area contributed by atoms with E-state index in [1.54, 1.807) is 12.1 Å². The number of nitrogens with zero attached hydrogens (tertiary/aromatic N) is 2. The quantitative estimate of drug-likeness (QED) is 0.924. The second kappa shape index (κ2) is 6.34. The average Bonchev–Trinajstić information content (AvgIpc) is 2.80. The van der Waals surface area contributed by atoms with Crippen molar-refractivity contribution in [3.05, 3.63) is 45.5 Å². The van der Waals surface area contributed by atoms with E-state index in [0.717, 1.165) is 5.56 Å². The SMILES string of the molecule is CC(C)(C)C(O)Cc1nc(Cc2ccc(Cl)c(Cl)c2)no1. The minimum absolute atomic E-state index is 0.224. The molecule has 2 rings (SSSR count). The van der Waals surface area contributed by atoms with Gasteiger partial charge in [0.2, 0.25) is 5.89 Å². The molecule has 21 heavy (non-hydrogen) atoms. The molecule has 0 fully saturated rings. The molecule has 0 aliphatic carbocycles. The molecule has 1 heterocycles. The van der Waals surface area contributed by atoms with E-state index in [-0.39, 0.29) is 5.41 Å². The molecule has 0 spiro atoms. The lowest BCUT2D eigenvalue weighted by atomic mass is 9.87. The monoisotopic (exact) mass is 328 g/mol. The van der Waals surface area contributed by atoms with E-state index in [4.69, 9.17) is 27.7 Å². The maximum Gasteiger partial charge on any atom is 0.229 e. The van der Waals surface area contributed by atoms with E-state index >= 15 is 0 Å². The zero-order valence-corrected chi connectivity index (χ0v) is 13.7. The summed E-state index contributed by atoms with van der Waals surface area (Å²) >= 11 is 11.9. The van der Waals surface area contributed by atoms with Gasteiger partial charge in [-0.05, 0) is 23.1 Å². The highest BCUT2D eigenvalue weighted by atomic mass is 35.5. The molecule has 6 heteroatoms. The summed E-state index contributed by atoms with van der Waals surface area (Å²) in [5.41, 5.74) is 0.728. The highest BCUT2D eigenvalue weighted by Gasteiger charge is 2.24. The third-order valence-electron chi connectivity index (χ3n) is 3.22. The highest BCUT2D eigenvalue weighted by molar-refractivity contribution is 6.42. The lowest BCUT2D eigenvalue weighted by Crippen LogP contribution is -2.28. The van der Waals surface area contributed by atoms with E-state index in [9.17, 15) is 5.11 Å². The van der Waals surface area contributed by atoms with Crippen LogP contribution >= 0.6 is 23.2 Å². The summed E-state index contributed by atoms with van der Waals surface area (Å²) < 4.78 is 5.18. The molecule has 0 aliphatic heterocycles. The Morgan fingerprint density at radius 1 is 1.24 bits per heavy atom. The van der Waals surface area contributed by atoms with Crippen LogP contribution in [0.1, 0.15) is 38.0 Å². The van der Waals surface area contributed by atoms with Gasteiger partial charge in [-0.1, -0.05) is 55.2 Å². The summed E-state index contributed by atoms with van der Waals surface area (Å²) in [4.78, 5) is 4.30. The van der Waals surface area contributed by atoms with Crippen LogP contribution in [0.2, 0.25) is 10.0 Å². The fraction of sp³-hybridized carbons (Fsp3) is 0.467. The van der Waals surface area contributed by atoms with Gasteiger partial charge in [0.15, 0.2) is 5.82 Å². The molecule has 0 radical (unpaired) electrons. The van der Waals surface area contributed by atoms with Gasteiger partial charge in [0.1, 0.15) is 0 Å². The Morgan fingerprint density at radius 2 is 1.95 bits per heavy atom. The van der Waals surface area contributed by atoms with E-state index in [1.165, 1.54) is 0 Å². The fourth-order valence-electron chi connectivity index (χ4n) is 1.75. The van der Waals surface area contributed by atoms with E-state index in [2.05, 4.69) is 10.1 Å². The maximum absolute atomic E-state index is 10.0. The second-order valence-electron chi connectivity index (χ2n) is 6.12. The first kappa shape index (κ1) is 16.3. The smallest absolute Gasteiger partial charge is 0.229 e. The Labute approximate surface area is 134 Å². The molecular formula is C15H18Cl2N2O2. The molecule has 2 aromatic rings. The van der Waals surface area contributed by atoms with Crippen LogP contribution < -0.4 is 0 Å². The van der Waals surface area contributed by atoms with E-state index < -0.39 is 6.10 Å². The lowest BCUT2D eigenvalue weighted by Gasteiger charge is -2.24. The molecule has 1 unspecified atom stereocenters. The van der Waals surface area contributed by atoms with Crippen molar-refractivity contribution in [2.24, 2.45) is 5.41 Å². The zero-order valence-electron chi connectivity index (χ0n) is 12.2. The molecule has 0 aliphatic rings. The number of hydrogen-bond donors (Lipinski definition) is 1. The third-order valence-corrected chi connectivity index (χ3v) is 3.96. The summed E-state index contributed by atoms with van der Waals surface area (Å²) in [7, 11) is 0. The van der Waals surface area contributed by atoms with Crippen LogP contribution in [0.15, 0.2) is 22.7 Å². The molecule has 0 saturated heterocycles. The first-order chi connectivity index (χ1) is 9.75. The van der Waals surface area contributed by atoms with Crippen molar-refractivity contribution < 1.29 is 9.63 Å². The molecular weight excluding hydrogens is 311 g/mol. The van der Waals surface area contributed by atoms with Crippen molar-refractivity contribution in [1.82, 2.24) is 10.1 Å². The van der Waals surface area contributed by atoms with Crippen LogP contribution in [0.5, 0.6) is 0 Å². The minimum atomic E-state index is -0.532. The summed E-state index contributed by atoms with van der Waals surface area (Å²) in [5.74, 6) is 0.997. The molecule has 0 bridgehead atoms. The zero-order chi connectivity index (χ0) is 15.6. The van der Waals surface area contributed by atoms with Crippen molar-refractivity contribution in [3.63, 3.8) is 0 Å². The van der Waals surface area contributed by atoms with Crippen LogP contribution in [0, 0.1) is 5.41 Å². The number of aliphatic hydroxyl groups is 1. The number of aromatic nitrogens is 2. The molecule has 4 nitrogen and oxygen atoms in total. The van der Waals surface area contributed by atoms with Gasteiger partial charge >= 0.3 is 0 Å². The van der Waals surface area contributed by atoms with E-state index in [0.29, 0.717) is 34.6 Å². The van der Waals surface area contributed by atoms with Gasteiger partial charge in [-0.3, -0.25) is 0 Å². The molecule has 1 atom stereocenters. The van der Waals surface area contributed by atoms with Gasteiger partial charge in [-0.15, -0.1) is 0 Å².